The number of allylic oxidation sites excluding steroid dienone is 1. The van der Waals surface area contributed by atoms with Crippen molar-refractivity contribution in [3.8, 4) is 0 Å². The zero-order valence-electron chi connectivity index (χ0n) is 4.91. The van der Waals surface area contributed by atoms with Crippen molar-refractivity contribution in [2.24, 2.45) is 0 Å². The molecule has 0 aliphatic rings. The van der Waals surface area contributed by atoms with Crippen LogP contribution in [0.1, 0.15) is 0 Å². The lowest BCUT2D eigenvalue weighted by atomic mass is 10.6. The number of rotatable bonds is 2. The molecule has 0 amide bonds. The molecule has 0 atom stereocenters. The van der Waals surface area contributed by atoms with Crippen molar-refractivity contribution in [2.45, 2.75) is 6.54 Å². The van der Waals surface area contributed by atoms with Crippen LogP contribution in [0, 0.1) is 0 Å². The van der Waals surface area contributed by atoms with E-state index >= 15 is 0 Å². The van der Waals surface area contributed by atoms with Gasteiger partial charge in [-0.3, -0.25) is 4.79 Å². The molecule has 1 aromatic heterocycles. The fraction of sp³-hybridized carbons (Fsp3) is 0.167. The van der Waals surface area contributed by atoms with E-state index < -0.39 is 0 Å². The summed E-state index contributed by atoms with van der Waals surface area (Å²) in [7, 11) is 0. The van der Waals surface area contributed by atoms with Crippen molar-refractivity contribution in [3.05, 3.63) is 35.3 Å². The van der Waals surface area contributed by atoms with Gasteiger partial charge in [-0.05, 0) is 0 Å². The molecule has 0 bridgehead atoms. The van der Waals surface area contributed by atoms with E-state index in [4.69, 9.17) is 4.52 Å². The van der Waals surface area contributed by atoms with Crippen LogP contribution in [-0.4, -0.2) is 4.74 Å². The quantitative estimate of drug-likeness (QED) is 0.543. The fourth-order valence-corrected chi connectivity index (χ4v) is 0.547. The number of aromatic nitrogens is 1. The van der Waals surface area contributed by atoms with Crippen molar-refractivity contribution in [3.63, 3.8) is 0 Å². The summed E-state index contributed by atoms with van der Waals surface area (Å²) in [6.07, 6.45) is 2.96. The van der Waals surface area contributed by atoms with E-state index in [2.05, 4.69) is 6.58 Å². The van der Waals surface area contributed by atoms with Crippen LogP contribution >= 0.6 is 0 Å². The maximum atomic E-state index is 10.6. The molecular weight excluding hydrogens is 118 g/mol. The monoisotopic (exact) mass is 125 g/mol. The maximum Gasteiger partial charge on any atom is 0.282 e. The Morgan fingerprint density at radius 1 is 1.89 bits per heavy atom. The molecule has 48 valence electrons. The number of hydrogen-bond donors (Lipinski definition) is 0. The molecule has 0 N–H and O–H groups in total. The SMILES string of the molecule is C=CCn1occc1=O. The van der Waals surface area contributed by atoms with Gasteiger partial charge in [0, 0.05) is 6.07 Å². The third-order valence-electron chi connectivity index (χ3n) is 0.939. The zero-order valence-corrected chi connectivity index (χ0v) is 4.91. The van der Waals surface area contributed by atoms with Gasteiger partial charge in [-0.25, -0.2) is 0 Å². The molecule has 1 aromatic rings. The minimum Gasteiger partial charge on any atom is -0.384 e. The van der Waals surface area contributed by atoms with Crippen molar-refractivity contribution >= 4 is 0 Å². The molecule has 0 aliphatic heterocycles. The summed E-state index contributed by atoms with van der Waals surface area (Å²) in [5, 5.41) is 0. The number of hydrogen-bond acceptors (Lipinski definition) is 2. The molecule has 0 unspecified atom stereocenters. The summed E-state index contributed by atoms with van der Waals surface area (Å²) in [6, 6.07) is 1.36. The van der Waals surface area contributed by atoms with Gasteiger partial charge in [0.2, 0.25) is 0 Å². The second-order valence-corrected chi connectivity index (χ2v) is 1.60. The average Bonchev–Trinajstić information content (AvgIpc) is 2.18. The molecule has 3 heteroatoms. The van der Waals surface area contributed by atoms with Crippen molar-refractivity contribution < 1.29 is 4.52 Å². The lowest BCUT2D eigenvalue weighted by Gasteiger charge is -1.88. The largest absolute Gasteiger partial charge is 0.384 e. The van der Waals surface area contributed by atoms with Crippen LogP contribution in [0.4, 0.5) is 0 Å². The molecule has 3 nitrogen and oxygen atoms in total. The first-order valence-electron chi connectivity index (χ1n) is 2.60. The first kappa shape index (κ1) is 5.88. The highest BCUT2D eigenvalue weighted by atomic mass is 16.5. The molecule has 9 heavy (non-hydrogen) atoms. The summed E-state index contributed by atoms with van der Waals surface area (Å²) in [5.74, 6) is 0. The first-order chi connectivity index (χ1) is 4.34. The zero-order chi connectivity index (χ0) is 6.69. The molecule has 1 heterocycles. The number of nitrogens with zero attached hydrogens (tertiary/aromatic N) is 1. The van der Waals surface area contributed by atoms with Crippen LogP contribution < -0.4 is 5.56 Å². The second kappa shape index (κ2) is 2.35. The van der Waals surface area contributed by atoms with Crippen molar-refractivity contribution in [2.75, 3.05) is 0 Å². The van der Waals surface area contributed by atoms with E-state index in [1.807, 2.05) is 0 Å². The normalized spacial score (nSPS) is 9.33. The summed E-state index contributed by atoms with van der Waals surface area (Å²) in [5.41, 5.74) is -0.130. The van der Waals surface area contributed by atoms with Gasteiger partial charge >= 0.3 is 0 Å². The van der Waals surface area contributed by atoms with Gasteiger partial charge in [0.1, 0.15) is 6.26 Å². The van der Waals surface area contributed by atoms with E-state index in [0.29, 0.717) is 6.54 Å². The van der Waals surface area contributed by atoms with E-state index in [1.165, 1.54) is 17.1 Å². The summed E-state index contributed by atoms with van der Waals surface area (Å²) in [6.45, 7) is 3.89. The van der Waals surface area contributed by atoms with Crippen molar-refractivity contribution in [1.82, 2.24) is 4.74 Å². The second-order valence-electron chi connectivity index (χ2n) is 1.60. The highest BCUT2D eigenvalue weighted by molar-refractivity contribution is 4.78. The molecule has 0 saturated heterocycles. The Labute approximate surface area is 52.2 Å². The highest BCUT2D eigenvalue weighted by Crippen LogP contribution is 1.80. The molecule has 0 radical (unpaired) electrons. The van der Waals surface area contributed by atoms with Crippen LogP contribution in [0.15, 0.2) is 34.3 Å². The lowest BCUT2D eigenvalue weighted by molar-refractivity contribution is 0.280. The third-order valence-corrected chi connectivity index (χ3v) is 0.939. The van der Waals surface area contributed by atoms with Crippen LogP contribution in [0.3, 0.4) is 0 Å². The van der Waals surface area contributed by atoms with E-state index in [1.54, 1.807) is 6.08 Å². The highest BCUT2D eigenvalue weighted by Gasteiger charge is 1.91. The Kier molecular flexibility index (Phi) is 1.53. The Bertz CT molecular complexity index is 246. The molecule has 1 rings (SSSR count). The van der Waals surface area contributed by atoms with Gasteiger partial charge in [-0.15, -0.1) is 6.58 Å². The van der Waals surface area contributed by atoms with Gasteiger partial charge in [0.25, 0.3) is 5.56 Å². The van der Waals surface area contributed by atoms with Gasteiger partial charge < -0.3 is 4.52 Å². The van der Waals surface area contributed by atoms with Crippen LogP contribution in [-0.2, 0) is 6.54 Å². The Hall–Kier alpha value is -1.25. The summed E-state index contributed by atoms with van der Waals surface area (Å²) < 4.78 is 5.95. The van der Waals surface area contributed by atoms with Crippen LogP contribution in [0.2, 0.25) is 0 Å². The Morgan fingerprint density at radius 3 is 3.11 bits per heavy atom. The Balaban J connectivity index is 2.93. The molecule has 0 aliphatic carbocycles. The summed E-state index contributed by atoms with van der Waals surface area (Å²) in [4.78, 5) is 10.6. The molecule has 0 saturated carbocycles. The van der Waals surface area contributed by atoms with E-state index in [-0.39, 0.29) is 5.56 Å². The van der Waals surface area contributed by atoms with Gasteiger partial charge in [-0.2, -0.15) is 4.74 Å². The molecule has 0 aromatic carbocycles. The third kappa shape index (κ3) is 1.10. The predicted molar refractivity (Wildman–Crippen MR) is 33.2 cm³/mol. The van der Waals surface area contributed by atoms with Gasteiger partial charge in [-0.1, -0.05) is 6.08 Å². The van der Waals surface area contributed by atoms with Crippen LogP contribution in [0.25, 0.3) is 0 Å². The predicted octanol–water partition coefficient (Wildman–Crippen LogP) is 0.627. The molecular formula is C6H7NO2. The van der Waals surface area contributed by atoms with Gasteiger partial charge in [0.05, 0.1) is 6.54 Å². The van der Waals surface area contributed by atoms with E-state index in [9.17, 15) is 4.79 Å². The molecule has 0 fully saturated rings. The smallest absolute Gasteiger partial charge is 0.282 e. The summed E-state index contributed by atoms with van der Waals surface area (Å²) >= 11 is 0. The van der Waals surface area contributed by atoms with Crippen LogP contribution in [0.5, 0.6) is 0 Å². The van der Waals surface area contributed by atoms with E-state index in [0.717, 1.165) is 0 Å². The topological polar surface area (TPSA) is 35.1 Å². The fourth-order valence-electron chi connectivity index (χ4n) is 0.547. The standard InChI is InChI=1S/C6H7NO2/c1-2-4-7-6(8)3-5-9-7/h2-3,5H,1,4H2. The van der Waals surface area contributed by atoms with Crippen molar-refractivity contribution in [1.29, 1.82) is 0 Å². The maximum absolute atomic E-state index is 10.6. The average molecular weight is 125 g/mol. The van der Waals surface area contributed by atoms with Gasteiger partial charge in [0.15, 0.2) is 0 Å². The first-order valence-corrected chi connectivity index (χ1v) is 2.60. The molecule has 0 spiro atoms. The minimum absolute atomic E-state index is 0.130. The lowest BCUT2D eigenvalue weighted by Crippen LogP contribution is -2.11. The minimum atomic E-state index is -0.130. The Morgan fingerprint density at radius 2 is 2.67 bits per heavy atom.